The van der Waals surface area contributed by atoms with Crippen molar-refractivity contribution in [2.24, 2.45) is 0 Å². The van der Waals surface area contributed by atoms with Crippen LogP contribution >= 0.6 is 11.6 Å². The van der Waals surface area contributed by atoms with Gasteiger partial charge in [0.1, 0.15) is 5.02 Å². The summed E-state index contributed by atoms with van der Waals surface area (Å²) in [5.41, 5.74) is 0.163. The predicted octanol–water partition coefficient (Wildman–Crippen LogP) is 2.88. The van der Waals surface area contributed by atoms with E-state index in [4.69, 9.17) is 11.6 Å². The molecule has 1 N–H and O–H groups in total. The highest BCUT2D eigenvalue weighted by Crippen LogP contribution is 2.28. The number of amides is 2. The molecule has 1 unspecified atom stereocenters. The van der Waals surface area contributed by atoms with Crippen molar-refractivity contribution < 1.29 is 9.72 Å². The molecule has 2 amide bonds. The topological polar surface area (TPSA) is 82.0 Å². The molecular weight excluding hydrogens is 370 g/mol. The van der Waals surface area contributed by atoms with Crippen LogP contribution in [0.1, 0.15) is 19.8 Å². The van der Waals surface area contributed by atoms with Crippen molar-refractivity contribution in [2.75, 3.05) is 45.1 Å². The number of likely N-dealkylation sites (tertiary alicyclic amines) is 1. The summed E-state index contributed by atoms with van der Waals surface area (Å²) in [4.78, 5) is 29.7. The summed E-state index contributed by atoms with van der Waals surface area (Å²) in [5.74, 6) is 0. The molecule has 1 aromatic rings. The minimum Gasteiger partial charge on any atom is -0.322 e. The first-order valence-corrected chi connectivity index (χ1v) is 9.67. The molecule has 9 heteroatoms. The van der Waals surface area contributed by atoms with Gasteiger partial charge in [0, 0.05) is 43.5 Å². The molecule has 0 spiro atoms. The first-order valence-electron chi connectivity index (χ1n) is 9.29. The van der Waals surface area contributed by atoms with Crippen LogP contribution in [-0.4, -0.2) is 77.5 Å². The molecule has 1 aromatic carbocycles. The predicted molar refractivity (Wildman–Crippen MR) is 105 cm³/mol. The van der Waals surface area contributed by atoms with Crippen LogP contribution in [0, 0.1) is 10.1 Å². The Morgan fingerprint density at radius 2 is 1.96 bits per heavy atom. The second kappa shape index (κ2) is 8.41. The number of carbonyl (C=O) groups is 1. The van der Waals surface area contributed by atoms with E-state index in [1.165, 1.54) is 25.0 Å². The van der Waals surface area contributed by atoms with Gasteiger partial charge in [-0.1, -0.05) is 11.6 Å². The summed E-state index contributed by atoms with van der Waals surface area (Å²) in [6.45, 7) is 6.54. The molecule has 2 saturated heterocycles. The molecular formula is C18H26ClN5O3. The van der Waals surface area contributed by atoms with Crippen LogP contribution < -0.4 is 5.32 Å². The molecule has 0 bridgehead atoms. The Labute approximate surface area is 164 Å². The zero-order valence-corrected chi connectivity index (χ0v) is 16.5. The van der Waals surface area contributed by atoms with Crippen LogP contribution in [0.3, 0.4) is 0 Å². The van der Waals surface area contributed by atoms with E-state index in [2.05, 4.69) is 29.1 Å². The van der Waals surface area contributed by atoms with Crippen LogP contribution in [0.15, 0.2) is 18.2 Å². The van der Waals surface area contributed by atoms with E-state index in [-0.39, 0.29) is 22.8 Å². The third-order valence-corrected chi connectivity index (χ3v) is 5.84. The maximum Gasteiger partial charge on any atom is 0.321 e. The third kappa shape index (κ3) is 4.69. The van der Waals surface area contributed by atoms with Crippen LogP contribution in [-0.2, 0) is 0 Å². The normalized spacial score (nSPS) is 22.6. The SMILES string of the molecule is CC1CN(C(=O)Nc2ccc(Cl)c([N+](=O)[O-])c2)CCN1C1CCN(C)CC1. The number of carbonyl (C=O) groups excluding carboxylic acids is 1. The molecule has 0 aromatic heterocycles. The van der Waals surface area contributed by atoms with Gasteiger partial charge in [-0.15, -0.1) is 0 Å². The number of urea groups is 1. The lowest BCUT2D eigenvalue weighted by Crippen LogP contribution is -2.58. The van der Waals surface area contributed by atoms with Crippen molar-refractivity contribution in [2.45, 2.75) is 31.8 Å². The molecule has 2 aliphatic heterocycles. The Morgan fingerprint density at radius 3 is 2.59 bits per heavy atom. The van der Waals surface area contributed by atoms with Gasteiger partial charge >= 0.3 is 6.03 Å². The fourth-order valence-corrected chi connectivity index (χ4v) is 4.14. The Bertz CT molecular complexity index is 708. The van der Waals surface area contributed by atoms with Gasteiger partial charge in [0.15, 0.2) is 0 Å². The molecule has 2 heterocycles. The number of nitro groups is 1. The number of nitrogens with one attached hydrogen (secondary N) is 1. The summed E-state index contributed by atoms with van der Waals surface area (Å²) >= 11 is 5.82. The molecule has 2 fully saturated rings. The average Bonchev–Trinajstić information content (AvgIpc) is 2.64. The minimum atomic E-state index is -0.555. The number of halogens is 1. The second-order valence-corrected chi connectivity index (χ2v) is 7.83. The van der Waals surface area contributed by atoms with Crippen molar-refractivity contribution in [1.82, 2.24) is 14.7 Å². The lowest BCUT2D eigenvalue weighted by atomic mass is 10.0. The minimum absolute atomic E-state index is 0.0540. The van der Waals surface area contributed by atoms with E-state index in [9.17, 15) is 14.9 Å². The van der Waals surface area contributed by atoms with Gasteiger partial charge in [-0.3, -0.25) is 15.0 Å². The fraction of sp³-hybridized carbons (Fsp3) is 0.611. The van der Waals surface area contributed by atoms with Crippen LogP contribution in [0.25, 0.3) is 0 Å². The number of hydrogen-bond donors (Lipinski definition) is 1. The highest BCUT2D eigenvalue weighted by atomic mass is 35.5. The largest absolute Gasteiger partial charge is 0.322 e. The second-order valence-electron chi connectivity index (χ2n) is 7.42. The number of rotatable bonds is 3. The van der Waals surface area contributed by atoms with Gasteiger partial charge in [-0.05, 0) is 52.0 Å². The lowest BCUT2D eigenvalue weighted by Gasteiger charge is -2.46. The van der Waals surface area contributed by atoms with Gasteiger partial charge in [0.05, 0.1) is 4.92 Å². The number of benzene rings is 1. The Morgan fingerprint density at radius 1 is 1.26 bits per heavy atom. The molecule has 27 heavy (non-hydrogen) atoms. The van der Waals surface area contributed by atoms with E-state index in [1.54, 1.807) is 11.0 Å². The van der Waals surface area contributed by atoms with Crippen molar-refractivity contribution in [3.63, 3.8) is 0 Å². The standard InChI is InChI=1S/C18H26ClN5O3/c1-13-12-22(9-10-23(13)15-5-7-21(2)8-6-15)18(25)20-14-3-4-16(19)17(11-14)24(26)27/h3-4,11,13,15H,5-10,12H2,1-2H3,(H,20,25). The Kier molecular flexibility index (Phi) is 6.18. The summed E-state index contributed by atoms with van der Waals surface area (Å²) in [6.07, 6.45) is 2.34. The van der Waals surface area contributed by atoms with E-state index in [0.29, 0.717) is 24.8 Å². The van der Waals surface area contributed by atoms with Gasteiger partial charge in [-0.25, -0.2) is 4.79 Å². The van der Waals surface area contributed by atoms with E-state index in [1.807, 2.05) is 0 Å². The average molecular weight is 396 g/mol. The number of hydrogen-bond acceptors (Lipinski definition) is 5. The Balaban J connectivity index is 1.58. The molecule has 148 valence electrons. The van der Waals surface area contributed by atoms with Gasteiger partial charge in [0.2, 0.25) is 0 Å². The highest BCUT2D eigenvalue weighted by molar-refractivity contribution is 6.32. The molecule has 0 aliphatic carbocycles. The number of piperazine rings is 1. The van der Waals surface area contributed by atoms with Crippen molar-refractivity contribution in [1.29, 1.82) is 0 Å². The molecule has 3 rings (SSSR count). The van der Waals surface area contributed by atoms with E-state index in [0.717, 1.165) is 19.6 Å². The fourth-order valence-electron chi connectivity index (χ4n) is 3.96. The summed E-state index contributed by atoms with van der Waals surface area (Å²) in [6, 6.07) is 4.93. The van der Waals surface area contributed by atoms with Gasteiger partial charge in [0.25, 0.3) is 5.69 Å². The molecule has 8 nitrogen and oxygen atoms in total. The molecule has 2 aliphatic rings. The van der Waals surface area contributed by atoms with Gasteiger partial charge < -0.3 is 15.1 Å². The number of piperidine rings is 1. The first kappa shape index (κ1) is 19.9. The molecule has 1 atom stereocenters. The maximum atomic E-state index is 12.6. The monoisotopic (exact) mass is 395 g/mol. The first-order chi connectivity index (χ1) is 12.8. The van der Waals surface area contributed by atoms with E-state index < -0.39 is 4.92 Å². The number of anilines is 1. The lowest BCUT2D eigenvalue weighted by molar-refractivity contribution is -0.384. The van der Waals surface area contributed by atoms with Crippen LogP contribution in [0.2, 0.25) is 5.02 Å². The summed E-state index contributed by atoms with van der Waals surface area (Å²) in [7, 11) is 2.16. The molecule has 0 radical (unpaired) electrons. The highest BCUT2D eigenvalue weighted by Gasteiger charge is 2.32. The van der Waals surface area contributed by atoms with Crippen molar-refractivity contribution >= 4 is 29.0 Å². The van der Waals surface area contributed by atoms with Crippen molar-refractivity contribution in [3.8, 4) is 0 Å². The van der Waals surface area contributed by atoms with Gasteiger partial charge in [-0.2, -0.15) is 0 Å². The number of nitro benzene ring substituents is 1. The zero-order valence-electron chi connectivity index (χ0n) is 15.7. The maximum absolute atomic E-state index is 12.6. The van der Waals surface area contributed by atoms with Crippen molar-refractivity contribution in [3.05, 3.63) is 33.3 Å². The third-order valence-electron chi connectivity index (χ3n) is 5.52. The quantitative estimate of drug-likeness (QED) is 0.628. The summed E-state index contributed by atoms with van der Waals surface area (Å²) in [5, 5.41) is 13.8. The smallest absolute Gasteiger partial charge is 0.321 e. The van der Waals surface area contributed by atoms with E-state index >= 15 is 0 Å². The Hall–Kier alpha value is -1.90. The summed E-state index contributed by atoms with van der Waals surface area (Å²) < 4.78 is 0. The molecule has 0 saturated carbocycles. The van der Waals surface area contributed by atoms with Crippen LogP contribution in [0.4, 0.5) is 16.2 Å². The van der Waals surface area contributed by atoms with Crippen LogP contribution in [0.5, 0.6) is 0 Å². The number of nitrogens with zero attached hydrogens (tertiary/aromatic N) is 4. The zero-order chi connectivity index (χ0) is 19.6.